The topological polar surface area (TPSA) is 9.23 Å². The SMILES string of the molecule is C=Cc1ccc(COCc2ccc(-c3ccccc3)cc2)cc1. The van der Waals surface area contributed by atoms with Crippen LogP contribution in [0.2, 0.25) is 0 Å². The second-order valence-corrected chi connectivity index (χ2v) is 5.50. The molecule has 0 bridgehead atoms. The van der Waals surface area contributed by atoms with Gasteiger partial charge in [-0.25, -0.2) is 0 Å². The van der Waals surface area contributed by atoms with Crippen molar-refractivity contribution in [1.82, 2.24) is 0 Å². The third kappa shape index (κ3) is 4.18. The molecule has 0 spiro atoms. The van der Waals surface area contributed by atoms with E-state index in [1.54, 1.807) is 0 Å². The summed E-state index contributed by atoms with van der Waals surface area (Å²) in [5.41, 5.74) is 5.96. The van der Waals surface area contributed by atoms with Gasteiger partial charge in [0.25, 0.3) is 0 Å². The molecule has 0 heterocycles. The molecule has 1 nitrogen and oxygen atoms in total. The lowest BCUT2D eigenvalue weighted by molar-refractivity contribution is 0.107. The van der Waals surface area contributed by atoms with E-state index < -0.39 is 0 Å². The van der Waals surface area contributed by atoms with Gasteiger partial charge in [0.1, 0.15) is 0 Å². The van der Waals surface area contributed by atoms with Gasteiger partial charge < -0.3 is 4.74 Å². The zero-order valence-electron chi connectivity index (χ0n) is 13.1. The van der Waals surface area contributed by atoms with Crippen molar-refractivity contribution in [1.29, 1.82) is 0 Å². The average molecular weight is 300 g/mol. The van der Waals surface area contributed by atoms with Crippen LogP contribution in [0.15, 0.2) is 85.4 Å². The van der Waals surface area contributed by atoms with Crippen LogP contribution in [-0.2, 0) is 18.0 Å². The number of rotatable bonds is 6. The van der Waals surface area contributed by atoms with Gasteiger partial charge in [0.15, 0.2) is 0 Å². The largest absolute Gasteiger partial charge is 0.372 e. The third-order valence-corrected chi connectivity index (χ3v) is 3.81. The minimum atomic E-state index is 0.623. The normalized spacial score (nSPS) is 10.4. The molecule has 0 fully saturated rings. The molecule has 114 valence electrons. The van der Waals surface area contributed by atoms with Crippen LogP contribution in [0, 0.1) is 0 Å². The fourth-order valence-corrected chi connectivity index (χ4v) is 2.46. The van der Waals surface area contributed by atoms with Crippen molar-refractivity contribution in [3.05, 3.63) is 102 Å². The first-order valence-electron chi connectivity index (χ1n) is 7.78. The Hall–Kier alpha value is -2.64. The zero-order valence-corrected chi connectivity index (χ0v) is 13.1. The summed E-state index contributed by atoms with van der Waals surface area (Å²) < 4.78 is 5.80. The first kappa shape index (κ1) is 15.3. The molecule has 3 rings (SSSR count). The molecule has 0 aliphatic rings. The third-order valence-electron chi connectivity index (χ3n) is 3.81. The molecule has 0 aliphatic heterocycles. The van der Waals surface area contributed by atoms with Crippen molar-refractivity contribution >= 4 is 6.08 Å². The van der Waals surface area contributed by atoms with E-state index in [1.165, 1.54) is 22.3 Å². The molecule has 0 aromatic heterocycles. The standard InChI is InChI=1S/C22H20O/c1-2-18-8-10-19(11-9-18)16-23-17-20-12-14-22(15-13-20)21-6-4-3-5-7-21/h2-15H,1,16-17H2. The molecule has 0 aliphatic carbocycles. The highest BCUT2D eigenvalue weighted by Crippen LogP contribution is 2.19. The van der Waals surface area contributed by atoms with Crippen molar-refractivity contribution in [3.63, 3.8) is 0 Å². The number of benzene rings is 3. The van der Waals surface area contributed by atoms with E-state index in [4.69, 9.17) is 4.74 Å². The van der Waals surface area contributed by atoms with Gasteiger partial charge in [-0.1, -0.05) is 91.5 Å². The monoisotopic (exact) mass is 300 g/mol. The smallest absolute Gasteiger partial charge is 0.0721 e. The molecule has 3 aromatic rings. The van der Waals surface area contributed by atoms with E-state index in [-0.39, 0.29) is 0 Å². The first-order chi connectivity index (χ1) is 11.3. The van der Waals surface area contributed by atoms with Crippen LogP contribution in [0.5, 0.6) is 0 Å². The molecule has 0 N–H and O–H groups in total. The van der Waals surface area contributed by atoms with Crippen molar-refractivity contribution in [2.45, 2.75) is 13.2 Å². The maximum absolute atomic E-state index is 5.80. The fourth-order valence-electron chi connectivity index (χ4n) is 2.46. The Kier molecular flexibility index (Phi) is 5.02. The molecular weight excluding hydrogens is 280 g/mol. The molecular formula is C22H20O. The van der Waals surface area contributed by atoms with E-state index in [1.807, 2.05) is 12.1 Å². The summed E-state index contributed by atoms with van der Waals surface area (Å²) in [6.45, 7) is 5.01. The van der Waals surface area contributed by atoms with E-state index in [0.717, 1.165) is 5.56 Å². The Morgan fingerprint density at radius 3 is 1.74 bits per heavy atom. The average Bonchev–Trinajstić information content (AvgIpc) is 2.64. The number of ether oxygens (including phenoxy) is 1. The van der Waals surface area contributed by atoms with Gasteiger partial charge in [-0.15, -0.1) is 0 Å². The second kappa shape index (κ2) is 7.57. The maximum atomic E-state index is 5.80. The minimum absolute atomic E-state index is 0.623. The molecule has 1 heteroatoms. The van der Waals surface area contributed by atoms with Crippen LogP contribution >= 0.6 is 0 Å². The highest BCUT2D eigenvalue weighted by atomic mass is 16.5. The summed E-state index contributed by atoms with van der Waals surface area (Å²) in [6, 6.07) is 27.2. The summed E-state index contributed by atoms with van der Waals surface area (Å²) >= 11 is 0. The predicted octanol–water partition coefficient (Wildman–Crippen LogP) is 5.71. The summed E-state index contributed by atoms with van der Waals surface area (Å²) in [6.07, 6.45) is 1.85. The highest BCUT2D eigenvalue weighted by Gasteiger charge is 1.99. The maximum Gasteiger partial charge on any atom is 0.0721 e. The van der Waals surface area contributed by atoms with E-state index in [2.05, 4.69) is 79.4 Å². The zero-order chi connectivity index (χ0) is 15.9. The Labute approximate surface area is 137 Å². The fraction of sp³-hybridized carbons (Fsp3) is 0.0909. The van der Waals surface area contributed by atoms with Gasteiger partial charge in [0.05, 0.1) is 13.2 Å². The molecule has 0 saturated carbocycles. The molecule has 0 radical (unpaired) electrons. The summed E-state index contributed by atoms with van der Waals surface area (Å²) in [4.78, 5) is 0. The Morgan fingerprint density at radius 1 is 0.652 bits per heavy atom. The lowest BCUT2D eigenvalue weighted by atomic mass is 10.0. The van der Waals surface area contributed by atoms with Crippen LogP contribution in [0.25, 0.3) is 17.2 Å². The molecule has 0 unspecified atom stereocenters. The van der Waals surface area contributed by atoms with Gasteiger partial charge in [-0.05, 0) is 27.8 Å². The lowest BCUT2D eigenvalue weighted by Crippen LogP contribution is -1.94. The minimum Gasteiger partial charge on any atom is -0.372 e. The van der Waals surface area contributed by atoms with Crippen LogP contribution in [0.3, 0.4) is 0 Å². The quantitative estimate of drug-likeness (QED) is 0.566. The Morgan fingerprint density at radius 2 is 1.17 bits per heavy atom. The van der Waals surface area contributed by atoms with Crippen molar-refractivity contribution in [2.75, 3.05) is 0 Å². The van der Waals surface area contributed by atoms with Crippen molar-refractivity contribution in [3.8, 4) is 11.1 Å². The van der Waals surface area contributed by atoms with Gasteiger partial charge in [0, 0.05) is 0 Å². The van der Waals surface area contributed by atoms with Crippen LogP contribution in [0.1, 0.15) is 16.7 Å². The highest BCUT2D eigenvalue weighted by molar-refractivity contribution is 5.63. The van der Waals surface area contributed by atoms with E-state index in [9.17, 15) is 0 Å². The molecule has 3 aromatic carbocycles. The number of hydrogen-bond donors (Lipinski definition) is 0. The Balaban J connectivity index is 1.55. The second-order valence-electron chi connectivity index (χ2n) is 5.50. The summed E-state index contributed by atoms with van der Waals surface area (Å²) in [5, 5.41) is 0. The van der Waals surface area contributed by atoms with Crippen molar-refractivity contribution < 1.29 is 4.74 Å². The lowest BCUT2D eigenvalue weighted by Gasteiger charge is -2.07. The predicted molar refractivity (Wildman–Crippen MR) is 96.9 cm³/mol. The van der Waals surface area contributed by atoms with Gasteiger partial charge >= 0.3 is 0 Å². The van der Waals surface area contributed by atoms with Crippen LogP contribution < -0.4 is 0 Å². The first-order valence-corrected chi connectivity index (χ1v) is 7.78. The number of hydrogen-bond acceptors (Lipinski definition) is 1. The van der Waals surface area contributed by atoms with E-state index in [0.29, 0.717) is 13.2 Å². The van der Waals surface area contributed by atoms with Crippen LogP contribution in [0.4, 0.5) is 0 Å². The summed E-state index contributed by atoms with van der Waals surface area (Å²) in [5.74, 6) is 0. The molecule has 0 saturated heterocycles. The van der Waals surface area contributed by atoms with Gasteiger partial charge in [-0.3, -0.25) is 0 Å². The Bertz CT molecular complexity index is 740. The molecule has 23 heavy (non-hydrogen) atoms. The molecule has 0 atom stereocenters. The van der Waals surface area contributed by atoms with Gasteiger partial charge in [0.2, 0.25) is 0 Å². The van der Waals surface area contributed by atoms with E-state index >= 15 is 0 Å². The molecule has 0 amide bonds. The summed E-state index contributed by atoms with van der Waals surface area (Å²) in [7, 11) is 0. The van der Waals surface area contributed by atoms with Crippen LogP contribution in [-0.4, -0.2) is 0 Å². The van der Waals surface area contributed by atoms with Crippen molar-refractivity contribution in [2.24, 2.45) is 0 Å². The van der Waals surface area contributed by atoms with Gasteiger partial charge in [-0.2, -0.15) is 0 Å².